The summed E-state index contributed by atoms with van der Waals surface area (Å²) in [5.41, 5.74) is 2.74. The molecule has 164 valence electrons. The molecule has 7 nitrogen and oxygen atoms in total. The minimum Gasteiger partial charge on any atom is -0.493 e. The summed E-state index contributed by atoms with van der Waals surface area (Å²) < 4.78 is 15.9. The average Bonchev–Trinajstić information content (AvgIpc) is 3.07. The molecule has 0 spiro atoms. The number of ether oxygens (including phenoxy) is 3. The molecule has 1 heterocycles. The first-order valence-electron chi connectivity index (χ1n) is 10.4. The molecule has 2 aromatic rings. The molecule has 2 aromatic carbocycles. The lowest BCUT2D eigenvalue weighted by Crippen LogP contribution is -2.27. The fraction of sp³-hybridized carbons (Fsp3) is 0.333. The van der Waals surface area contributed by atoms with E-state index >= 15 is 0 Å². The number of hydrogen-bond acceptors (Lipinski definition) is 5. The van der Waals surface area contributed by atoms with Gasteiger partial charge in [-0.25, -0.2) is 4.79 Å². The number of methoxy groups -OCH3 is 2. The van der Waals surface area contributed by atoms with Crippen molar-refractivity contribution in [3.63, 3.8) is 0 Å². The minimum absolute atomic E-state index is 0.201. The highest BCUT2D eigenvalue weighted by molar-refractivity contribution is 6.35. The van der Waals surface area contributed by atoms with Gasteiger partial charge in [0.15, 0.2) is 11.5 Å². The van der Waals surface area contributed by atoms with Crippen LogP contribution in [0.1, 0.15) is 43.7 Å². The van der Waals surface area contributed by atoms with E-state index in [-0.39, 0.29) is 5.91 Å². The van der Waals surface area contributed by atoms with Gasteiger partial charge in [-0.05, 0) is 36.3 Å². The lowest BCUT2D eigenvalue weighted by molar-refractivity contribution is -0.110. The molecule has 0 fully saturated rings. The summed E-state index contributed by atoms with van der Waals surface area (Å²) in [7, 11) is 3.10. The standard InChI is InChI=1S/C24H28N2O5/c1-4-5-6-7-12-25-24(28)31-17-10-8-16(9-11-17)13-19-18-14-21(29-2)22(30-3)15-20(18)26-23(19)27/h8-11,13-15H,4-7,12H2,1-3H3,(H,25,28)(H,26,27). The van der Waals surface area contributed by atoms with Crippen LogP contribution in [0.2, 0.25) is 0 Å². The molecule has 0 saturated carbocycles. The molecule has 1 aliphatic rings. The molecule has 3 rings (SSSR count). The fourth-order valence-electron chi connectivity index (χ4n) is 3.34. The van der Waals surface area contributed by atoms with Crippen LogP contribution >= 0.6 is 0 Å². The first-order valence-corrected chi connectivity index (χ1v) is 10.4. The summed E-state index contributed by atoms with van der Waals surface area (Å²) in [6.45, 7) is 2.75. The third-order valence-electron chi connectivity index (χ3n) is 5.01. The highest BCUT2D eigenvalue weighted by Crippen LogP contribution is 2.41. The van der Waals surface area contributed by atoms with E-state index in [1.807, 2.05) is 0 Å². The van der Waals surface area contributed by atoms with Gasteiger partial charge in [0.2, 0.25) is 0 Å². The molecule has 0 atom stereocenters. The second-order valence-electron chi connectivity index (χ2n) is 7.21. The Morgan fingerprint density at radius 1 is 1.03 bits per heavy atom. The van der Waals surface area contributed by atoms with E-state index in [4.69, 9.17) is 14.2 Å². The Bertz CT molecular complexity index is 967. The molecule has 0 bridgehead atoms. The van der Waals surface area contributed by atoms with Gasteiger partial charge < -0.3 is 24.8 Å². The molecular weight excluding hydrogens is 396 g/mol. The Morgan fingerprint density at radius 3 is 2.42 bits per heavy atom. The summed E-state index contributed by atoms with van der Waals surface area (Å²) in [6, 6.07) is 10.5. The molecule has 0 aliphatic carbocycles. The number of benzene rings is 2. The van der Waals surface area contributed by atoms with Crippen LogP contribution in [-0.4, -0.2) is 32.8 Å². The molecule has 0 aromatic heterocycles. The number of amides is 2. The zero-order valence-corrected chi connectivity index (χ0v) is 18.1. The largest absolute Gasteiger partial charge is 0.493 e. The lowest BCUT2D eigenvalue weighted by atomic mass is 10.0. The van der Waals surface area contributed by atoms with Gasteiger partial charge in [0.25, 0.3) is 5.91 Å². The molecule has 0 saturated heterocycles. The third kappa shape index (κ3) is 5.57. The van der Waals surface area contributed by atoms with Gasteiger partial charge in [0, 0.05) is 23.7 Å². The molecular formula is C24H28N2O5. The smallest absolute Gasteiger partial charge is 0.412 e. The maximum atomic E-state index is 12.5. The summed E-state index contributed by atoms with van der Waals surface area (Å²) in [6.07, 6.45) is 5.67. The van der Waals surface area contributed by atoms with Gasteiger partial charge >= 0.3 is 6.09 Å². The number of fused-ring (bicyclic) bond motifs is 1. The third-order valence-corrected chi connectivity index (χ3v) is 5.01. The van der Waals surface area contributed by atoms with Crippen LogP contribution in [0, 0.1) is 0 Å². The van der Waals surface area contributed by atoms with Crippen LogP contribution in [0.25, 0.3) is 11.6 Å². The van der Waals surface area contributed by atoms with Crippen molar-refractivity contribution in [3.05, 3.63) is 47.5 Å². The number of hydrogen-bond donors (Lipinski definition) is 2. The zero-order valence-electron chi connectivity index (χ0n) is 18.1. The number of rotatable bonds is 9. The summed E-state index contributed by atoms with van der Waals surface area (Å²) in [4.78, 5) is 24.4. The maximum absolute atomic E-state index is 12.5. The molecule has 7 heteroatoms. The highest BCUT2D eigenvalue weighted by Gasteiger charge is 2.26. The van der Waals surface area contributed by atoms with Crippen LogP contribution in [0.3, 0.4) is 0 Å². The van der Waals surface area contributed by atoms with E-state index in [1.54, 1.807) is 56.7 Å². The van der Waals surface area contributed by atoms with Gasteiger partial charge in [-0.2, -0.15) is 0 Å². The fourth-order valence-corrected chi connectivity index (χ4v) is 3.34. The van der Waals surface area contributed by atoms with Gasteiger partial charge in [-0.1, -0.05) is 38.3 Å². The zero-order chi connectivity index (χ0) is 22.2. The predicted molar refractivity (Wildman–Crippen MR) is 121 cm³/mol. The lowest BCUT2D eigenvalue weighted by Gasteiger charge is -2.09. The summed E-state index contributed by atoms with van der Waals surface area (Å²) in [5.74, 6) is 1.34. The number of unbranched alkanes of at least 4 members (excludes halogenated alkanes) is 3. The monoisotopic (exact) mass is 424 g/mol. The quantitative estimate of drug-likeness (QED) is 0.443. The van der Waals surface area contributed by atoms with E-state index in [2.05, 4.69) is 17.6 Å². The SMILES string of the molecule is CCCCCCNC(=O)Oc1ccc(C=C2C(=O)Nc3cc(OC)c(OC)cc32)cc1. The average molecular weight is 424 g/mol. The second-order valence-corrected chi connectivity index (χ2v) is 7.21. The van der Waals surface area contributed by atoms with Crippen molar-refractivity contribution < 1.29 is 23.8 Å². The molecule has 0 radical (unpaired) electrons. The Balaban J connectivity index is 1.67. The number of nitrogens with one attached hydrogen (secondary N) is 2. The molecule has 2 amide bonds. The van der Waals surface area contributed by atoms with Gasteiger partial charge in [-0.3, -0.25) is 4.79 Å². The Hall–Kier alpha value is -3.48. The first-order chi connectivity index (χ1) is 15.0. The van der Waals surface area contributed by atoms with Gasteiger partial charge in [0.05, 0.1) is 19.9 Å². The highest BCUT2D eigenvalue weighted by atomic mass is 16.6. The van der Waals surface area contributed by atoms with Crippen molar-refractivity contribution >= 4 is 29.3 Å². The molecule has 2 N–H and O–H groups in total. The van der Waals surface area contributed by atoms with Crippen molar-refractivity contribution in [2.24, 2.45) is 0 Å². The van der Waals surface area contributed by atoms with Gasteiger partial charge in [-0.15, -0.1) is 0 Å². The molecule has 31 heavy (non-hydrogen) atoms. The summed E-state index contributed by atoms with van der Waals surface area (Å²) >= 11 is 0. The minimum atomic E-state index is -0.465. The summed E-state index contributed by atoms with van der Waals surface area (Å²) in [5, 5.41) is 5.60. The van der Waals surface area contributed by atoms with Gasteiger partial charge in [0.1, 0.15) is 5.75 Å². The van der Waals surface area contributed by atoms with Crippen LogP contribution in [-0.2, 0) is 4.79 Å². The van der Waals surface area contributed by atoms with Crippen molar-refractivity contribution in [1.29, 1.82) is 0 Å². The molecule has 1 aliphatic heterocycles. The number of carbonyl (C=O) groups is 2. The van der Waals surface area contributed by atoms with Crippen LogP contribution < -0.4 is 24.8 Å². The normalized spacial score (nSPS) is 13.5. The first kappa shape index (κ1) is 22.2. The molecule has 0 unspecified atom stereocenters. The van der Waals surface area contributed by atoms with E-state index in [1.165, 1.54) is 0 Å². The van der Waals surface area contributed by atoms with Crippen LogP contribution in [0.15, 0.2) is 36.4 Å². The van der Waals surface area contributed by atoms with E-state index in [9.17, 15) is 9.59 Å². The Labute approximate surface area is 182 Å². The van der Waals surface area contributed by atoms with E-state index in [0.717, 1.165) is 36.8 Å². The second kappa shape index (κ2) is 10.5. The maximum Gasteiger partial charge on any atom is 0.412 e. The van der Waals surface area contributed by atoms with E-state index in [0.29, 0.717) is 35.1 Å². The van der Waals surface area contributed by atoms with Crippen molar-refractivity contribution in [1.82, 2.24) is 5.32 Å². The number of anilines is 1. The Morgan fingerprint density at radius 2 is 1.74 bits per heavy atom. The van der Waals surface area contributed by atoms with Crippen molar-refractivity contribution in [3.8, 4) is 17.2 Å². The van der Waals surface area contributed by atoms with Crippen LogP contribution in [0.4, 0.5) is 10.5 Å². The van der Waals surface area contributed by atoms with E-state index < -0.39 is 6.09 Å². The Kier molecular flexibility index (Phi) is 7.54. The topological polar surface area (TPSA) is 85.9 Å². The van der Waals surface area contributed by atoms with Crippen molar-refractivity contribution in [2.75, 3.05) is 26.1 Å². The predicted octanol–water partition coefficient (Wildman–Crippen LogP) is 4.87. The van der Waals surface area contributed by atoms with Crippen molar-refractivity contribution in [2.45, 2.75) is 32.6 Å². The van der Waals surface area contributed by atoms with Crippen LogP contribution in [0.5, 0.6) is 17.2 Å². The number of carbonyl (C=O) groups excluding carboxylic acids is 2.